The molecule has 10 nitrogen and oxygen atoms in total. The summed E-state index contributed by atoms with van der Waals surface area (Å²) in [6.07, 6.45) is 4.13. The van der Waals surface area contributed by atoms with E-state index in [1.807, 2.05) is 30.3 Å². The molecule has 2 aliphatic heterocycles. The molecule has 0 spiro atoms. The van der Waals surface area contributed by atoms with Crippen LogP contribution in [0.2, 0.25) is 10.0 Å². The molecule has 0 unspecified atom stereocenters. The highest BCUT2D eigenvalue weighted by Crippen LogP contribution is 2.42. The first kappa shape index (κ1) is 35.5. The summed E-state index contributed by atoms with van der Waals surface area (Å²) in [7, 11) is 1.56. The number of carbonyl (C=O) groups is 2. The molecule has 2 fully saturated rings. The Kier molecular flexibility index (Phi) is 11.4. The molecule has 2 amide bonds. The summed E-state index contributed by atoms with van der Waals surface area (Å²) < 4.78 is 37.4. The molecule has 2 aliphatic rings. The predicted molar refractivity (Wildman–Crippen MR) is 187 cm³/mol. The molecule has 2 atom stereocenters. The molecule has 0 bridgehead atoms. The van der Waals surface area contributed by atoms with Crippen molar-refractivity contribution in [1.82, 2.24) is 31.2 Å². The van der Waals surface area contributed by atoms with Crippen LogP contribution in [0.1, 0.15) is 36.8 Å². The number of nitrogens with one attached hydrogen (secondary N) is 4. The van der Waals surface area contributed by atoms with E-state index < -0.39 is 6.61 Å². The van der Waals surface area contributed by atoms with Gasteiger partial charge in [0.25, 0.3) is 0 Å². The van der Waals surface area contributed by atoms with E-state index in [1.165, 1.54) is 6.07 Å². The van der Waals surface area contributed by atoms with Crippen LogP contribution in [0, 0.1) is 0 Å². The lowest BCUT2D eigenvalue weighted by molar-refractivity contribution is -0.120. The molecule has 2 aromatic carbocycles. The number of pyridine rings is 2. The van der Waals surface area contributed by atoms with Crippen molar-refractivity contribution in [2.45, 2.75) is 57.5 Å². The second-order valence-corrected chi connectivity index (χ2v) is 12.9. The second-order valence-electron chi connectivity index (χ2n) is 12.1. The first-order valence-electron chi connectivity index (χ1n) is 16.3. The van der Waals surface area contributed by atoms with Gasteiger partial charge >= 0.3 is 6.61 Å². The van der Waals surface area contributed by atoms with Gasteiger partial charge < -0.3 is 30.7 Å². The number of nitrogens with zero attached hydrogens (tertiary/aromatic N) is 2. The maximum Gasteiger partial charge on any atom is 0.387 e. The minimum Gasteiger partial charge on any atom is -0.481 e. The summed E-state index contributed by atoms with van der Waals surface area (Å²) in [4.78, 5) is 32.2. The third-order valence-corrected chi connectivity index (χ3v) is 9.52. The van der Waals surface area contributed by atoms with Crippen LogP contribution in [0.4, 0.5) is 8.78 Å². The van der Waals surface area contributed by atoms with Gasteiger partial charge in [-0.2, -0.15) is 8.78 Å². The molecular weight excluding hydrogens is 689 g/mol. The number of benzene rings is 2. The van der Waals surface area contributed by atoms with E-state index in [9.17, 15) is 18.4 Å². The van der Waals surface area contributed by atoms with E-state index in [0.717, 1.165) is 18.4 Å². The van der Waals surface area contributed by atoms with Gasteiger partial charge in [-0.25, -0.2) is 4.98 Å². The number of hydrogen-bond donors (Lipinski definition) is 4. The van der Waals surface area contributed by atoms with E-state index >= 15 is 0 Å². The van der Waals surface area contributed by atoms with Crippen molar-refractivity contribution in [1.29, 1.82) is 0 Å². The van der Waals surface area contributed by atoms with Crippen LogP contribution >= 0.6 is 23.2 Å². The Hall–Kier alpha value is -4.36. The van der Waals surface area contributed by atoms with E-state index in [2.05, 4.69) is 26.3 Å². The quantitative estimate of drug-likeness (QED) is 0.122. The molecular formula is C36H36Cl2F2N6O4. The van der Waals surface area contributed by atoms with E-state index in [4.69, 9.17) is 37.7 Å². The minimum atomic E-state index is -3.03. The molecule has 0 aliphatic carbocycles. The van der Waals surface area contributed by atoms with Gasteiger partial charge in [0.15, 0.2) is 0 Å². The molecule has 0 radical (unpaired) electrons. The average molecular weight is 726 g/mol. The molecule has 262 valence electrons. The zero-order valence-electron chi connectivity index (χ0n) is 27.2. The van der Waals surface area contributed by atoms with Gasteiger partial charge in [0.1, 0.15) is 5.75 Å². The van der Waals surface area contributed by atoms with Gasteiger partial charge in [0, 0.05) is 90.7 Å². The van der Waals surface area contributed by atoms with Crippen LogP contribution in [0.25, 0.3) is 33.6 Å². The maximum absolute atomic E-state index is 13.5. The fourth-order valence-electron chi connectivity index (χ4n) is 6.20. The van der Waals surface area contributed by atoms with Gasteiger partial charge in [-0.1, -0.05) is 59.6 Å². The van der Waals surface area contributed by atoms with Crippen LogP contribution in [0.3, 0.4) is 0 Å². The molecule has 2 saturated heterocycles. The predicted octanol–water partition coefficient (Wildman–Crippen LogP) is 6.13. The number of methoxy groups -OCH3 is 1. The van der Waals surface area contributed by atoms with E-state index in [1.54, 1.807) is 31.5 Å². The van der Waals surface area contributed by atoms with Crippen molar-refractivity contribution in [3.05, 3.63) is 82.0 Å². The molecule has 0 saturated carbocycles. The summed E-state index contributed by atoms with van der Waals surface area (Å²) in [5.41, 5.74) is 4.71. The van der Waals surface area contributed by atoms with Crippen molar-refractivity contribution in [2.24, 2.45) is 0 Å². The maximum atomic E-state index is 13.5. The van der Waals surface area contributed by atoms with Crippen LogP contribution in [-0.4, -0.2) is 60.7 Å². The molecule has 2 aromatic heterocycles. The Balaban J connectivity index is 1.22. The number of rotatable bonds is 14. The number of halogens is 4. The Bertz CT molecular complexity index is 1880. The number of aromatic nitrogens is 2. The van der Waals surface area contributed by atoms with Gasteiger partial charge in [-0.15, -0.1) is 0 Å². The number of hydrogen-bond acceptors (Lipinski definition) is 8. The molecule has 4 aromatic rings. The second kappa shape index (κ2) is 16.1. The third kappa shape index (κ3) is 8.32. The summed E-state index contributed by atoms with van der Waals surface area (Å²) in [6.45, 7) is -1.12. The Morgan fingerprint density at radius 2 is 1.50 bits per heavy atom. The minimum absolute atomic E-state index is 0.00406. The Morgan fingerprint density at radius 3 is 2.14 bits per heavy atom. The first-order chi connectivity index (χ1) is 24.2. The lowest BCUT2D eigenvalue weighted by Gasteiger charge is -2.17. The zero-order chi connectivity index (χ0) is 35.2. The number of carbonyl (C=O) groups excluding carboxylic acids is 2. The van der Waals surface area contributed by atoms with Crippen LogP contribution in [0.5, 0.6) is 11.6 Å². The summed E-state index contributed by atoms with van der Waals surface area (Å²) in [5, 5.41) is 13.1. The molecule has 50 heavy (non-hydrogen) atoms. The fourth-order valence-corrected chi connectivity index (χ4v) is 6.85. The van der Waals surface area contributed by atoms with Gasteiger partial charge in [0.05, 0.1) is 28.5 Å². The average Bonchev–Trinajstić information content (AvgIpc) is 3.72. The van der Waals surface area contributed by atoms with Crippen molar-refractivity contribution in [3.8, 4) is 45.3 Å². The molecule has 6 rings (SSSR count). The molecule has 4 N–H and O–H groups in total. The summed E-state index contributed by atoms with van der Waals surface area (Å²) in [5.74, 6) is 0.518. The third-order valence-electron chi connectivity index (χ3n) is 8.73. The van der Waals surface area contributed by atoms with Crippen LogP contribution < -0.4 is 30.7 Å². The van der Waals surface area contributed by atoms with E-state index in [-0.39, 0.29) is 41.2 Å². The smallest absolute Gasteiger partial charge is 0.387 e. The zero-order valence-corrected chi connectivity index (χ0v) is 28.7. The van der Waals surface area contributed by atoms with Crippen LogP contribution in [0.15, 0.2) is 60.8 Å². The van der Waals surface area contributed by atoms with Gasteiger partial charge in [-0.05, 0) is 31.0 Å². The van der Waals surface area contributed by atoms with Crippen molar-refractivity contribution >= 4 is 35.0 Å². The Labute approximate surface area is 298 Å². The van der Waals surface area contributed by atoms with Crippen LogP contribution in [-0.2, 0) is 22.7 Å². The SMILES string of the molecule is COc1nc(-c2cccc(-c3ccnc(-c4ccc(CNC[C@H]5CCC(=O)N5)c(OC(F)F)c4)c3Cl)c2Cl)ccc1CNC[C@@H]1CCC(=O)N1. The van der Waals surface area contributed by atoms with Crippen molar-refractivity contribution in [2.75, 3.05) is 20.2 Å². The largest absolute Gasteiger partial charge is 0.481 e. The fraction of sp³-hybridized carbons (Fsp3) is 0.333. The van der Waals surface area contributed by atoms with Gasteiger partial charge in [-0.3, -0.25) is 14.6 Å². The molecule has 14 heteroatoms. The number of alkyl halides is 2. The number of ether oxygens (including phenoxy) is 2. The van der Waals surface area contributed by atoms with Crippen molar-refractivity contribution < 1.29 is 27.8 Å². The number of amides is 2. The van der Waals surface area contributed by atoms with Crippen molar-refractivity contribution in [3.63, 3.8) is 0 Å². The first-order valence-corrected chi connectivity index (χ1v) is 17.0. The lowest BCUT2D eigenvalue weighted by Crippen LogP contribution is -2.35. The van der Waals surface area contributed by atoms with Gasteiger partial charge in [0.2, 0.25) is 17.7 Å². The topological polar surface area (TPSA) is 127 Å². The highest BCUT2D eigenvalue weighted by Gasteiger charge is 2.23. The normalized spacial score (nSPS) is 17.2. The highest BCUT2D eigenvalue weighted by molar-refractivity contribution is 6.39. The molecule has 4 heterocycles. The van der Waals surface area contributed by atoms with E-state index in [0.29, 0.717) is 82.6 Å². The Morgan fingerprint density at radius 1 is 0.860 bits per heavy atom. The highest BCUT2D eigenvalue weighted by atomic mass is 35.5. The summed E-state index contributed by atoms with van der Waals surface area (Å²) >= 11 is 14.0. The lowest BCUT2D eigenvalue weighted by atomic mass is 9.99. The monoisotopic (exact) mass is 724 g/mol. The standard InChI is InChI=1S/C36H36Cl2F2N6O4/c1-49-35-22(17-42-19-24-9-12-31(48)45-24)7-10-28(46-35)27-4-2-3-25(32(27)37)26-13-14-43-34(33(26)38)20-5-6-21(29(15-20)50-36(39)40)16-41-18-23-8-11-30(47)44-23/h2-7,10,13-15,23-24,36,41-42H,8-9,11-12,16-19H2,1H3,(H,44,47)(H,45,48)/t23-,24+/m1/s1. The summed E-state index contributed by atoms with van der Waals surface area (Å²) in [6, 6.07) is 16.1.